The van der Waals surface area contributed by atoms with Crippen LogP contribution in [0.5, 0.6) is 11.5 Å². The van der Waals surface area contributed by atoms with Gasteiger partial charge in [0.1, 0.15) is 11.5 Å². The van der Waals surface area contributed by atoms with Gasteiger partial charge in [-0.15, -0.1) is 5.10 Å². The van der Waals surface area contributed by atoms with Crippen molar-refractivity contribution in [2.75, 3.05) is 40.4 Å². The molecule has 1 amide bonds. The molecule has 1 aliphatic rings. The van der Waals surface area contributed by atoms with E-state index < -0.39 is 0 Å². The molecular formula is C21H26N6O3. The monoisotopic (exact) mass is 410 g/mol. The van der Waals surface area contributed by atoms with Gasteiger partial charge in [0.25, 0.3) is 11.7 Å². The molecule has 1 fully saturated rings. The van der Waals surface area contributed by atoms with Crippen molar-refractivity contribution < 1.29 is 14.3 Å². The lowest BCUT2D eigenvalue weighted by molar-refractivity contribution is 0.0615. The average Bonchev–Trinajstić information content (AvgIpc) is 3.18. The molecule has 9 nitrogen and oxygen atoms in total. The summed E-state index contributed by atoms with van der Waals surface area (Å²) in [6.45, 7) is 7.32. The molecule has 30 heavy (non-hydrogen) atoms. The maximum Gasteiger partial charge on any atom is 0.293 e. The molecule has 158 valence electrons. The second kappa shape index (κ2) is 8.27. The van der Waals surface area contributed by atoms with Gasteiger partial charge in [-0.25, -0.2) is 9.50 Å². The zero-order chi connectivity index (χ0) is 21.3. The largest absolute Gasteiger partial charge is 0.497 e. The number of nitrogens with zero attached hydrogens (tertiary/aromatic N) is 6. The quantitative estimate of drug-likeness (QED) is 0.633. The minimum atomic E-state index is -0.156. The van der Waals surface area contributed by atoms with Gasteiger partial charge in [-0.05, 0) is 38.1 Å². The van der Waals surface area contributed by atoms with Gasteiger partial charge in [-0.1, -0.05) is 0 Å². The fraction of sp³-hybridized carbons (Fsp3) is 0.429. The van der Waals surface area contributed by atoms with E-state index in [2.05, 4.69) is 20.0 Å². The molecule has 0 N–H and O–H groups in total. The number of hydrogen-bond acceptors (Lipinski definition) is 7. The number of benzene rings is 1. The number of ether oxygens (including phenoxy) is 2. The van der Waals surface area contributed by atoms with E-state index in [-0.39, 0.29) is 11.7 Å². The summed E-state index contributed by atoms with van der Waals surface area (Å²) >= 11 is 0. The van der Waals surface area contributed by atoms with Crippen molar-refractivity contribution in [3.05, 3.63) is 47.0 Å². The molecule has 1 saturated heterocycles. The molecule has 3 aromatic rings. The van der Waals surface area contributed by atoms with Crippen LogP contribution < -0.4 is 9.47 Å². The van der Waals surface area contributed by atoms with Crippen LogP contribution in [0.2, 0.25) is 0 Å². The number of hydrogen-bond donors (Lipinski definition) is 0. The van der Waals surface area contributed by atoms with Gasteiger partial charge >= 0.3 is 0 Å². The number of fused-ring (bicyclic) bond motifs is 1. The Hall–Kier alpha value is -3.20. The second-order valence-electron chi connectivity index (χ2n) is 7.43. The van der Waals surface area contributed by atoms with Gasteiger partial charge in [-0.2, -0.15) is 4.98 Å². The number of aromatic nitrogens is 4. The normalized spacial score (nSPS) is 14.9. The van der Waals surface area contributed by atoms with Crippen LogP contribution in [0.15, 0.2) is 24.3 Å². The van der Waals surface area contributed by atoms with Crippen LogP contribution in [0.3, 0.4) is 0 Å². The third-order valence-electron chi connectivity index (χ3n) is 5.35. The van der Waals surface area contributed by atoms with Gasteiger partial charge in [0.05, 0.1) is 14.2 Å². The lowest BCUT2D eigenvalue weighted by Crippen LogP contribution is -2.48. The van der Waals surface area contributed by atoms with Gasteiger partial charge < -0.3 is 14.4 Å². The van der Waals surface area contributed by atoms with E-state index >= 15 is 0 Å². The standard InChI is InChI=1S/C21H26N6O3/c1-14-11-15(2)27-21(22-14)23-19(24-27)20(28)26-9-7-25(8-10-26)13-16-12-17(29-3)5-6-18(16)30-4/h5-6,11-12H,7-10,13H2,1-4H3. The highest BCUT2D eigenvalue weighted by molar-refractivity contribution is 5.91. The van der Waals surface area contributed by atoms with Gasteiger partial charge in [0.2, 0.25) is 5.82 Å². The lowest BCUT2D eigenvalue weighted by Gasteiger charge is -2.34. The summed E-state index contributed by atoms with van der Waals surface area (Å²) in [5, 5.41) is 4.36. The number of amides is 1. The van der Waals surface area contributed by atoms with Crippen molar-refractivity contribution >= 4 is 11.7 Å². The van der Waals surface area contributed by atoms with Crippen LogP contribution in [-0.2, 0) is 6.54 Å². The number of rotatable bonds is 5. The number of aryl methyl sites for hydroxylation is 2. The first-order chi connectivity index (χ1) is 14.5. The summed E-state index contributed by atoms with van der Waals surface area (Å²) in [4.78, 5) is 25.7. The van der Waals surface area contributed by atoms with Crippen molar-refractivity contribution in [2.45, 2.75) is 20.4 Å². The number of carbonyl (C=O) groups is 1. The smallest absolute Gasteiger partial charge is 0.293 e. The zero-order valence-electron chi connectivity index (χ0n) is 17.8. The third kappa shape index (κ3) is 3.93. The minimum absolute atomic E-state index is 0.156. The number of piperazine rings is 1. The highest BCUT2D eigenvalue weighted by Crippen LogP contribution is 2.25. The maximum atomic E-state index is 12.9. The average molecular weight is 410 g/mol. The predicted octanol–water partition coefficient (Wildman–Crippen LogP) is 1.72. The highest BCUT2D eigenvalue weighted by atomic mass is 16.5. The van der Waals surface area contributed by atoms with Crippen LogP contribution in [0.25, 0.3) is 5.78 Å². The molecule has 4 rings (SSSR count). The molecule has 0 unspecified atom stereocenters. The Morgan fingerprint density at radius 3 is 2.50 bits per heavy atom. The van der Waals surface area contributed by atoms with Crippen LogP contribution in [0, 0.1) is 13.8 Å². The van der Waals surface area contributed by atoms with Crippen molar-refractivity contribution in [3.8, 4) is 11.5 Å². The molecule has 3 heterocycles. The molecule has 9 heteroatoms. The molecule has 0 bridgehead atoms. The van der Waals surface area contributed by atoms with Gasteiger partial charge in [0.15, 0.2) is 0 Å². The summed E-state index contributed by atoms with van der Waals surface area (Å²) in [5.41, 5.74) is 2.82. The fourth-order valence-corrected chi connectivity index (χ4v) is 3.75. The molecule has 2 aromatic heterocycles. The Morgan fingerprint density at radius 1 is 1.03 bits per heavy atom. The van der Waals surface area contributed by atoms with Crippen LogP contribution in [0.4, 0.5) is 0 Å². The van der Waals surface area contributed by atoms with Crippen LogP contribution in [-0.4, -0.2) is 75.7 Å². The van der Waals surface area contributed by atoms with Gasteiger partial charge in [-0.3, -0.25) is 9.69 Å². The number of carbonyl (C=O) groups excluding carboxylic acids is 1. The van der Waals surface area contributed by atoms with Crippen molar-refractivity contribution in [2.24, 2.45) is 0 Å². The molecule has 0 aliphatic carbocycles. The first-order valence-corrected chi connectivity index (χ1v) is 9.92. The van der Waals surface area contributed by atoms with E-state index in [1.54, 1.807) is 23.6 Å². The van der Waals surface area contributed by atoms with E-state index in [1.165, 1.54) is 0 Å². The van der Waals surface area contributed by atoms with Crippen LogP contribution >= 0.6 is 0 Å². The zero-order valence-corrected chi connectivity index (χ0v) is 17.8. The van der Waals surface area contributed by atoms with Gasteiger partial charge in [0, 0.05) is 49.7 Å². The Kier molecular flexibility index (Phi) is 5.54. The molecule has 0 spiro atoms. The molecule has 1 aromatic carbocycles. The third-order valence-corrected chi connectivity index (χ3v) is 5.35. The van der Waals surface area contributed by atoms with E-state index in [0.717, 1.165) is 48.1 Å². The first-order valence-electron chi connectivity index (χ1n) is 9.92. The summed E-state index contributed by atoms with van der Waals surface area (Å²) in [6, 6.07) is 7.72. The van der Waals surface area contributed by atoms with Crippen LogP contribution in [0.1, 0.15) is 27.6 Å². The Morgan fingerprint density at radius 2 is 1.80 bits per heavy atom. The van der Waals surface area contributed by atoms with E-state index in [4.69, 9.17) is 9.47 Å². The van der Waals surface area contributed by atoms with Crippen molar-refractivity contribution in [3.63, 3.8) is 0 Å². The van der Waals surface area contributed by atoms with Crippen molar-refractivity contribution in [1.82, 2.24) is 29.4 Å². The summed E-state index contributed by atoms with van der Waals surface area (Å²) < 4.78 is 12.4. The molecular weight excluding hydrogens is 384 g/mol. The fourth-order valence-electron chi connectivity index (χ4n) is 3.75. The topological polar surface area (TPSA) is 85.1 Å². The summed E-state index contributed by atoms with van der Waals surface area (Å²) in [7, 11) is 3.32. The Balaban J connectivity index is 1.42. The Bertz CT molecular complexity index is 1070. The minimum Gasteiger partial charge on any atom is -0.497 e. The van der Waals surface area contributed by atoms with E-state index in [1.807, 2.05) is 38.1 Å². The SMILES string of the molecule is COc1ccc(OC)c(CN2CCN(C(=O)c3nc4nc(C)cc(C)n4n3)CC2)c1. The summed E-state index contributed by atoms with van der Waals surface area (Å²) in [6.07, 6.45) is 0. The van der Waals surface area contributed by atoms with E-state index in [0.29, 0.717) is 18.9 Å². The molecule has 0 saturated carbocycles. The molecule has 1 aliphatic heterocycles. The number of methoxy groups -OCH3 is 2. The second-order valence-corrected chi connectivity index (χ2v) is 7.43. The van der Waals surface area contributed by atoms with Crippen molar-refractivity contribution in [1.29, 1.82) is 0 Å². The summed E-state index contributed by atoms with van der Waals surface area (Å²) in [5.74, 6) is 2.13. The Labute approximate surface area is 175 Å². The molecule has 0 atom stereocenters. The predicted molar refractivity (Wildman–Crippen MR) is 111 cm³/mol. The molecule has 0 radical (unpaired) electrons. The van der Waals surface area contributed by atoms with E-state index in [9.17, 15) is 4.79 Å². The highest BCUT2D eigenvalue weighted by Gasteiger charge is 2.26. The lowest BCUT2D eigenvalue weighted by atomic mass is 10.1. The maximum absolute atomic E-state index is 12.9. The first kappa shape index (κ1) is 20.1.